The van der Waals surface area contributed by atoms with Gasteiger partial charge in [-0.15, -0.1) is 0 Å². The molecule has 1 amide bonds. The number of pyridine rings is 1. The molecule has 0 bridgehead atoms. The molecule has 168 valence electrons. The Morgan fingerprint density at radius 3 is 2.22 bits per heavy atom. The molecule has 0 saturated heterocycles. The highest BCUT2D eigenvalue weighted by Crippen LogP contribution is 2.33. The summed E-state index contributed by atoms with van der Waals surface area (Å²) in [4.78, 5) is 16.7. The van der Waals surface area contributed by atoms with Gasteiger partial charge in [-0.05, 0) is 53.9 Å². The SMILES string of the molecule is COc1ccc(N(CC(=O)Nc2ccc(Cc3ccncc3)cc2)S(C)(=O)=O)c(OC)c1. The first-order valence-corrected chi connectivity index (χ1v) is 11.6. The van der Waals surface area contributed by atoms with Gasteiger partial charge in [0.15, 0.2) is 0 Å². The van der Waals surface area contributed by atoms with Crippen LogP contribution in [0.5, 0.6) is 11.5 Å². The van der Waals surface area contributed by atoms with Crippen LogP contribution in [0, 0.1) is 0 Å². The minimum absolute atomic E-state index is 0.249. The van der Waals surface area contributed by atoms with Crippen molar-refractivity contribution in [2.24, 2.45) is 0 Å². The Morgan fingerprint density at radius 2 is 1.62 bits per heavy atom. The highest BCUT2D eigenvalue weighted by Gasteiger charge is 2.24. The lowest BCUT2D eigenvalue weighted by Gasteiger charge is -2.24. The van der Waals surface area contributed by atoms with Crippen molar-refractivity contribution in [3.8, 4) is 11.5 Å². The fourth-order valence-corrected chi connectivity index (χ4v) is 4.01. The topological polar surface area (TPSA) is 97.8 Å². The van der Waals surface area contributed by atoms with Gasteiger partial charge in [-0.3, -0.25) is 14.1 Å². The molecule has 0 unspecified atom stereocenters. The van der Waals surface area contributed by atoms with Gasteiger partial charge in [-0.25, -0.2) is 8.42 Å². The predicted molar refractivity (Wildman–Crippen MR) is 124 cm³/mol. The number of anilines is 2. The van der Waals surface area contributed by atoms with Crippen molar-refractivity contribution in [3.05, 3.63) is 78.1 Å². The second-order valence-corrected chi connectivity index (χ2v) is 8.99. The largest absolute Gasteiger partial charge is 0.497 e. The summed E-state index contributed by atoms with van der Waals surface area (Å²) >= 11 is 0. The summed E-state index contributed by atoms with van der Waals surface area (Å²) in [7, 11) is -0.831. The van der Waals surface area contributed by atoms with Crippen LogP contribution in [-0.2, 0) is 21.2 Å². The van der Waals surface area contributed by atoms with Gasteiger partial charge >= 0.3 is 0 Å². The number of benzene rings is 2. The molecule has 1 heterocycles. The summed E-state index contributed by atoms with van der Waals surface area (Å²) in [5.74, 6) is 0.313. The lowest BCUT2D eigenvalue weighted by atomic mass is 10.1. The fourth-order valence-electron chi connectivity index (χ4n) is 3.15. The summed E-state index contributed by atoms with van der Waals surface area (Å²) in [6, 6.07) is 16.0. The van der Waals surface area contributed by atoms with E-state index in [1.165, 1.54) is 14.2 Å². The van der Waals surface area contributed by atoms with Crippen molar-refractivity contribution in [2.45, 2.75) is 6.42 Å². The molecule has 0 aliphatic carbocycles. The third kappa shape index (κ3) is 5.98. The molecule has 0 aliphatic heterocycles. The summed E-state index contributed by atoms with van der Waals surface area (Å²) in [5.41, 5.74) is 3.03. The number of sulfonamides is 1. The van der Waals surface area contributed by atoms with Crippen LogP contribution < -0.4 is 19.1 Å². The van der Waals surface area contributed by atoms with Crippen LogP contribution >= 0.6 is 0 Å². The second kappa shape index (κ2) is 10.1. The Hall–Kier alpha value is -3.59. The number of carbonyl (C=O) groups is 1. The van der Waals surface area contributed by atoms with E-state index < -0.39 is 22.5 Å². The van der Waals surface area contributed by atoms with Crippen LogP contribution in [0.4, 0.5) is 11.4 Å². The molecule has 0 saturated carbocycles. The number of nitrogens with one attached hydrogen (secondary N) is 1. The highest BCUT2D eigenvalue weighted by molar-refractivity contribution is 7.92. The summed E-state index contributed by atoms with van der Waals surface area (Å²) in [5, 5.41) is 2.74. The first-order chi connectivity index (χ1) is 15.3. The van der Waals surface area contributed by atoms with Crippen LogP contribution in [0.2, 0.25) is 0 Å². The zero-order valence-corrected chi connectivity index (χ0v) is 18.9. The lowest BCUT2D eigenvalue weighted by Crippen LogP contribution is -2.37. The summed E-state index contributed by atoms with van der Waals surface area (Å²) in [6.45, 7) is -0.402. The van der Waals surface area contributed by atoms with Gasteiger partial charge in [-0.1, -0.05) is 12.1 Å². The molecule has 3 aromatic rings. The molecule has 9 heteroatoms. The maximum absolute atomic E-state index is 12.7. The van der Waals surface area contributed by atoms with Gasteiger partial charge in [0.2, 0.25) is 15.9 Å². The molecular formula is C23H25N3O5S. The molecule has 1 N–H and O–H groups in total. The molecule has 0 aliphatic rings. The molecule has 0 radical (unpaired) electrons. The molecular weight excluding hydrogens is 430 g/mol. The van der Waals surface area contributed by atoms with E-state index in [0.717, 1.165) is 28.1 Å². The van der Waals surface area contributed by atoms with E-state index in [1.807, 2.05) is 24.3 Å². The zero-order valence-electron chi connectivity index (χ0n) is 18.1. The molecule has 2 aromatic carbocycles. The van der Waals surface area contributed by atoms with Crippen molar-refractivity contribution in [1.29, 1.82) is 0 Å². The Kier molecular flexibility index (Phi) is 7.32. The number of nitrogens with zero attached hydrogens (tertiary/aromatic N) is 2. The third-order valence-corrected chi connectivity index (χ3v) is 5.86. The molecule has 8 nitrogen and oxygen atoms in total. The maximum Gasteiger partial charge on any atom is 0.245 e. The first-order valence-electron chi connectivity index (χ1n) is 9.77. The van der Waals surface area contributed by atoms with E-state index in [4.69, 9.17) is 9.47 Å². The van der Waals surface area contributed by atoms with Crippen LogP contribution in [-0.4, -0.2) is 46.3 Å². The minimum Gasteiger partial charge on any atom is -0.497 e. The smallest absolute Gasteiger partial charge is 0.245 e. The van der Waals surface area contributed by atoms with E-state index in [-0.39, 0.29) is 11.4 Å². The molecule has 32 heavy (non-hydrogen) atoms. The Bertz CT molecular complexity index is 1170. The molecule has 0 spiro atoms. The van der Waals surface area contributed by atoms with Crippen molar-refractivity contribution in [2.75, 3.05) is 36.6 Å². The van der Waals surface area contributed by atoms with Crippen molar-refractivity contribution in [3.63, 3.8) is 0 Å². The van der Waals surface area contributed by atoms with Gasteiger partial charge in [-0.2, -0.15) is 0 Å². The van der Waals surface area contributed by atoms with Gasteiger partial charge in [0, 0.05) is 24.1 Å². The summed E-state index contributed by atoms with van der Waals surface area (Å²) < 4.78 is 36.3. The number of carbonyl (C=O) groups excluding carboxylic acids is 1. The number of rotatable bonds is 9. The average Bonchev–Trinajstić information content (AvgIpc) is 2.78. The standard InChI is InChI=1S/C23H25N3O5S/c1-30-20-8-9-21(22(15-20)31-2)26(32(3,28)29)16-23(27)25-19-6-4-17(5-7-19)14-18-10-12-24-13-11-18/h4-13,15H,14,16H2,1-3H3,(H,25,27). The van der Waals surface area contributed by atoms with Gasteiger partial charge < -0.3 is 14.8 Å². The van der Waals surface area contributed by atoms with E-state index in [1.54, 1.807) is 42.7 Å². The Balaban J connectivity index is 1.72. The van der Waals surface area contributed by atoms with Crippen LogP contribution in [0.3, 0.4) is 0 Å². The van der Waals surface area contributed by atoms with Gasteiger partial charge in [0.05, 0.1) is 26.2 Å². The van der Waals surface area contributed by atoms with Gasteiger partial charge in [0.1, 0.15) is 18.0 Å². The third-order valence-electron chi connectivity index (χ3n) is 4.74. The normalized spacial score (nSPS) is 11.0. The Labute approximate surface area is 187 Å². The molecule has 0 atom stereocenters. The second-order valence-electron chi connectivity index (χ2n) is 7.08. The van der Waals surface area contributed by atoms with Crippen LogP contribution in [0.15, 0.2) is 67.0 Å². The quantitative estimate of drug-likeness (QED) is 0.533. The van der Waals surface area contributed by atoms with E-state index in [2.05, 4.69) is 10.3 Å². The number of aromatic nitrogens is 1. The number of ether oxygens (including phenoxy) is 2. The van der Waals surface area contributed by atoms with E-state index in [0.29, 0.717) is 11.4 Å². The lowest BCUT2D eigenvalue weighted by molar-refractivity contribution is -0.114. The van der Waals surface area contributed by atoms with Crippen molar-refractivity contribution >= 4 is 27.3 Å². The highest BCUT2D eigenvalue weighted by atomic mass is 32.2. The number of hydrogen-bond acceptors (Lipinski definition) is 6. The first kappa shape index (κ1) is 23.1. The number of methoxy groups -OCH3 is 2. The van der Waals surface area contributed by atoms with E-state index >= 15 is 0 Å². The Morgan fingerprint density at radius 1 is 0.969 bits per heavy atom. The maximum atomic E-state index is 12.7. The summed E-state index contributed by atoms with van der Waals surface area (Å²) in [6.07, 6.45) is 5.28. The average molecular weight is 456 g/mol. The monoisotopic (exact) mass is 455 g/mol. The van der Waals surface area contributed by atoms with Crippen LogP contribution in [0.25, 0.3) is 0 Å². The van der Waals surface area contributed by atoms with Gasteiger partial charge in [0.25, 0.3) is 0 Å². The van der Waals surface area contributed by atoms with E-state index in [9.17, 15) is 13.2 Å². The van der Waals surface area contributed by atoms with Crippen LogP contribution in [0.1, 0.15) is 11.1 Å². The number of hydrogen-bond donors (Lipinski definition) is 1. The molecule has 1 aromatic heterocycles. The number of amides is 1. The van der Waals surface area contributed by atoms with Crippen molar-refractivity contribution in [1.82, 2.24) is 4.98 Å². The van der Waals surface area contributed by atoms with Crippen molar-refractivity contribution < 1.29 is 22.7 Å². The molecule has 3 rings (SSSR count). The predicted octanol–water partition coefficient (Wildman–Crippen LogP) is 3.09. The fraction of sp³-hybridized carbons (Fsp3) is 0.217. The molecule has 0 fully saturated rings. The zero-order chi connectivity index (χ0) is 23.1. The minimum atomic E-state index is -3.75.